The predicted molar refractivity (Wildman–Crippen MR) is 153 cm³/mol. The van der Waals surface area contributed by atoms with Crippen molar-refractivity contribution >= 4 is 40.6 Å². The van der Waals surface area contributed by atoms with E-state index in [0.29, 0.717) is 21.4 Å². The lowest BCUT2D eigenvalue weighted by Crippen LogP contribution is -2.29. The van der Waals surface area contributed by atoms with Crippen molar-refractivity contribution in [2.24, 2.45) is 0 Å². The maximum absolute atomic E-state index is 12.6. The Morgan fingerprint density at radius 2 is 1.82 bits per heavy atom. The van der Waals surface area contributed by atoms with Crippen LogP contribution in [0, 0.1) is 13.8 Å². The first kappa shape index (κ1) is 25.8. The molecule has 1 N–H and O–H groups in total. The molecule has 0 aliphatic carbocycles. The Balaban J connectivity index is 1.70. The molecule has 2 aromatic carbocycles. The number of aryl methyl sites for hydroxylation is 1. The standard InChI is InChI=1S/C29H27ClN4O3S/c1-17-15-21(18(2)33(17)24-11-6-5-9-20(24)28(35)37-4)27-26(23-10-7-8-14-31-23)32-29(38)34(27)19-12-13-25(36-3)22(30)16-19/h5-16,26-27H,1-4H3,(H,32,38)/t26-,27+/m0/s1. The van der Waals surface area contributed by atoms with Gasteiger partial charge in [0.25, 0.3) is 0 Å². The average Bonchev–Trinajstić information content (AvgIpc) is 3.43. The van der Waals surface area contributed by atoms with Crippen LogP contribution in [0.3, 0.4) is 0 Å². The van der Waals surface area contributed by atoms with Gasteiger partial charge in [0.2, 0.25) is 0 Å². The molecule has 9 heteroatoms. The number of para-hydroxylation sites is 1. The van der Waals surface area contributed by atoms with Crippen molar-refractivity contribution in [3.63, 3.8) is 0 Å². The molecule has 38 heavy (non-hydrogen) atoms. The van der Waals surface area contributed by atoms with Gasteiger partial charge in [0.05, 0.1) is 48.3 Å². The van der Waals surface area contributed by atoms with Crippen LogP contribution in [0.2, 0.25) is 5.02 Å². The van der Waals surface area contributed by atoms with E-state index in [2.05, 4.69) is 25.8 Å². The van der Waals surface area contributed by atoms with Gasteiger partial charge in [0, 0.05) is 23.3 Å². The third-order valence-electron chi connectivity index (χ3n) is 6.85. The Morgan fingerprint density at radius 3 is 2.50 bits per heavy atom. The zero-order chi connectivity index (χ0) is 27.0. The number of pyridine rings is 1. The Bertz CT molecular complexity index is 1520. The molecule has 1 aliphatic heterocycles. The molecule has 5 rings (SSSR count). The van der Waals surface area contributed by atoms with E-state index in [1.807, 2.05) is 68.4 Å². The third-order valence-corrected chi connectivity index (χ3v) is 7.46. The Kier molecular flexibility index (Phi) is 7.10. The number of aromatic nitrogens is 2. The molecule has 2 atom stereocenters. The lowest BCUT2D eigenvalue weighted by Gasteiger charge is -2.28. The zero-order valence-electron chi connectivity index (χ0n) is 21.4. The summed E-state index contributed by atoms with van der Waals surface area (Å²) in [5.74, 6) is 0.197. The smallest absolute Gasteiger partial charge is 0.339 e. The number of benzene rings is 2. The molecule has 1 aliphatic rings. The number of hydrogen-bond donors (Lipinski definition) is 1. The number of nitrogens with zero attached hydrogens (tertiary/aromatic N) is 3. The fraction of sp³-hybridized carbons (Fsp3) is 0.207. The molecule has 0 amide bonds. The van der Waals surface area contributed by atoms with Gasteiger partial charge < -0.3 is 24.3 Å². The topological polar surface area (TPSA) is 68.6 Å². The van der Waals surface area contributed by atoms with Gasteiger partial charge in [-0.1, -0.05) is 29.8 Å². The van der Waals surface area contributed by atoms with Crippen molar-refractivity contribution in [1.82, 2.24) is 14.9 Å². The highest BCUT2D eigenvalue weighted by Crippen LogP contribution is 2.45. The highest BCUT2D eigenvalue weighted by atomic mass is 35.5. The molecule has 2 aromatic heterocycles. The Morgan fingerprint density at radius 1 is 1.05 bits per heavy atom. The molecule has 0 unspecified atom stereocenters. The quantitative estimate of drug-likeness (QED) is 0.231. The molecule has 0 bridgehead atoms. The van der Waals surface area contributed by atoms with Crippen LogP contribution in [0.1, 0.15) is 45.1 Å². The summed E-state index contributed by atoms with van der Waals surface area (Å²) in [6.07, 6.45) is 1.78. The fourth-order valence-corrected chi connectivity index (χ4v) is 5.76. The molecular formula is C29H27ClN4O3S. The van der Waals surface area contributed by atoms with E-state index < -0.39 is 0 Å². The summed E-state index contributed by atoms with van der Waals surface area (Å²) in [6, 6.07) is 20.6. The van der Waals surface area contributed by atoms with Gasteiger partial charge in [-0.3, -0.25) is 4.98 Å². The van der Waals surface area contributed by atoms with Gasteiger partial charge in [0.15, 0.2) is 5.11 Å². The van der Waals surface area contributed by atoms with Crippen LogP contribution >= 0.6 is 23.8 Å². The second-order valence-corrected chi connectivity index (χ2v) is 9.78. The summed E-state index contributed by atoms with van der Waals surface area (Å²) in [7, 11) is 2.98. The van der Waals surface area contributed by atoms with Crippen LogP contribution in [0.5, 0.6) is 5.75 Å². The molecule has 1 saturated heterocycles. The SMILES string of the molecule is COC(=O)c1ccccc1-n1c(C)cc([C@@H]2[C@H](c3ccccn3)NC(=S)N2c2ccc(OC)c(Cl)c2)c1C. The van der Waals surface area contributed by atoms with E-state index in [4.69, 9.17) is 33.3 Å². The highest BCUT2D eigenvalue weighted by molar-refractivity contribution is 7.80. The predicted octanol–water partition coefficient (Wildman–Crippen LogP) is 6.11. The van der Waals surface area contributed by atoms with E-state index in [0.717, 1.165) is 34.0 Å². The number of ether oxygens (including phenoxy) is 2. The van der Waals surface area contributed by atoms with Gasteiger partial charge in [-0.05, 0) is 80.2 Å². The molecule has 1 fully saturated rings. The molecular weight excluding hydrogens is 520 g/mol. The number of nitrogens with one attached hydrogen (secondary N) is 1. The average molecular weight is 547 g/mol. The normalized spacial score (nSPS) is 16.9. The summed E-state index contributed by atoms with van der Waals surface area (Å²) in [4.78, 5) is 19.3. The maximum atomic E-state index is 12.6. The number of carbonyl (C=O) groups is 1. The number of hydrogen-bond acceptors (Lipinski definition) is 5. The third kappa shape index (κ3) is 4.40. The highest BCUT2D eigenvalue weighted by Gasteiger charge is 2.42. The molecule has 3 heterocycles. The van der Waals surface area contributed by atoms with Gasteiger partial charge >= 0.3 is 5.97 Å². The van der Waals surface area contributed by atoms with E-state index in [-0.39, 0.29) is 18.1 Å². The van der Waals surface area contributed by atoms with Crippen molar-refractivity contribution in [2.45, 2.75) is 25.9 Å². The van der Waals surface area contributed by atoms with E-state index >= 15 is 0 Å². The fourth-order valence-electron chi connectivity index (χ4n) is 5.16. The molecule has 4 aromatic rings. The Hall–Kier alpha value is -3.88. The number of thiocarbonyl (C=S) groups is 1. The summed E-state index contributed by atoms with van der Waals surface area (Å²) >= 11 is 12.4. The minimum absolute atomic E-state index is 0.227. The lowest BCUT2D eigenvalue weighted by atomic mass is 9.96. The van der Waals surface area contributed by atoms with Crippen LogP contribution < -0.4 is 15.0 Å². The second kappa shape index (κ2) is 10.5. The van der Waals surface area contributed by atoms with Crippen molar-refractivity contribution < 1.29 is 14.3 Å². The van der Waals surface area contributed by atoms with Gasteiger partial charge in [-0.15, -0.1) is 0 Å². The summed E-state index contributed by atoms with van der Waals surface area (Å²) in [5.41, 5.74) is 5.92. The van der Waals surface area contributed by atoms with Crippen LogP contribution in [0.25, 0.3) is 5.69 Å². The van der Waals surface area contributed by atoms with Crippen LogP contribution in [-0.2, 0) is 4.74 Å². The minimum atomic E-state index is -0.390. The second-order valence-electron chi connectivity index (χ2n) is 8.99. The van der Waals surface area contributed by atoms with Crippen molar-refractivity contribution in [3.8, 4) is 11.4 Å². The zero-order valence-corrected chi connectivity index (χ0v) is 23.0. The number of methoxy groups -OCH3 is 2. The van der Waals surface area contributed by atoms with Gasteiger partial charge in [-0.2, -0.15) is 0 Å². The maximum Gasteiger partial charge on any atom is 0.339 e. The molecule has 0 saturated carbocycles. The van der Waals surface area contributed by atoms with E-state index in [1.165, 1.54) is 7.11 Å². The molecule has 7 nitrogen and oxygen atoms in total. The van der Waals surface area contributed by atoms with E-state index in [1.54, 1.807) is 19.4 Å². The van der Waals surface area contributed by atoms with Crippen molar-refractivity contribution in [2.75, 3.05) is 19.1 Å². The summed E-state index contributed by atoms with van der Waals surface area (Å²) < 4.78 is 12.5. The summed E-state index contributed by atoms with van der Waals surface area (Å²) in [5, 5.41) is 4.54. The lowest BCUT2D eigenvalue weighted by molar-refractivity contribution is 0.0600. The van der Waals surface area contributed by atoms with Crippen LogP contribution in [-0.4, -0.2) is 34.9 Å². The monoisotopic (exact) mass is 546 g/mol. The van der Waals surface area contributed by atoms with Gasteiger partial charge in [-0.25, -0.2) is 4.79 Å². The van der Waals surface area contributed by atoms with Crippen LogP contribution in [0.4, 0.5) is 5.69 Å². The van der Waals surface area contributed by atoms with Crippen molar-refractivity contribution in [1.29, 1.82) is 0 Å². The number of carbonyl (C=O) groups excluding carboxylic acids is 1. The van der Waals surface area contributed by atoms with Crippen LogP contribution in [0.15, 0.2) is 72.9 Å². The Labute approximate surface area is 232 Å². The first-order valence-electron chi connectivity index (χ1n) is 12.1. The number of anilines is 1. The summed E-state index contributed by atoms with van der Waals surface area (Å²) in [6.45, 7) is 4.07. The van der Waals surface area contributed by atoms with Gasteiger partial charge in [0.1, 0.15) is 5.75 Å². The molecule has 0 radical (unpaired) electrons. The minimum Gasteiger partial charge on any atom is -0.495 e. The molecule has 194 valence electrons. The largest absolute Gasteiger partial charge is 0.495 e. The first-order chi connectivity index (χ1) is 18.3. The van der Waals surface area contributed by atoms with E-state index in [9.17, 15) is 4.79 Å². The van der Waals surface area contributed by atoms with Crippen molar-refractivity contribution in [3.05, 3.63) is 106 Å². The first-order valence-corrected chi connectivity index (χ1v) is 12.8. The molecule has 0 spiro atoms. The number of halogens is 1. The number of rotatable bonds is 6. The number of esters is 1.